The molecule has 4 nitrogen and oxygen atoms in total. The lowest BCUT2D eigenvalue weighted by molar-refractivity contribution is -0.138. The van der Waals surface area contributed by atoms with Crippen molar-refractivity contribution in [1.29, 1.82) is 0 Å². The molecule has 0 saturated carbocycles. The smallest absolute Gasteiger partial charge is 0.325 e. The van der Waals surface area contributed by atoms with Crippen LogP contribution in [0.4, 0.5) is 5.69 Å². The van der Waals surface area contributed by atoms with Crippen LogP contribution >= 0.6 is 0 Å². The van der Waals surface area contributed by atoms with Gasteiger partial charge in [0.1, 0.15) is 12.3 Å². The van der Waals surface area contributed by atoms with Crippen LogP contribution in [0, 0.1) is 20.8 Å². The maximum absolute atomic E-state index is 11.5. The van der Waals surface area contributed by atoms with Gasteiger partial charge in [0.25, 0.3) is 0 Å². The second-order valence-corrected chi connectivity index (χ2v) is 4.88. The summed E-state index contributed by atoms with van der Waals surface area (Å²) in [6.45, 7) is 7.81. The zero-order valence-corrected chi connectivity index (χ0v) is 12.2. The van der Waals surface area contributed by atoms with E-state index < -0.39 is 0 Å². The minimum atomic E-state index is -0.347. The first-order valence-corrected chi connectivity index (χ1v) is 6.24. The SMILES string of the molecule is COC(=O)CN(CC(C)=O)c1c(C)cc(C)cc1C. The van der Waals surface area contributed by atoms with Crippen LogP contribution in [0.1, 0.15) is 23.6 Å². The highest BCUT2D eigenvalue weighted by atomic mass is 16.5. The minimum Gasteiger partial charge on any atom is -0.468 e. The fourth-order valence-electron chi connectivity index (χ4n) is 2.37. The number of carbonyl (C=O) groups excluding carboxylic acids is 2. The van der Waals surface area contributed by atoms with Crippen LogP contribution in [0.25, 0.3) is 0 Å². The number of anilines is 1. The Morgan fingerprint density at radius 1 is 1.11 bits per heavy atom. The average molecular weight is 263 g/mol. The molecule has 104 valence electrons. The van der Waals surface area contributed by atoms with E-state index in [-0.39, 0.29) is 24.8 Å². The van der Waals surface area contributed by atoms with Gasteiger partial charge in [-0.1, -0.05) is 17.7 Å². The normalized spacial score (nSPS) is 10.2. The number of methoxy groups -OCH3 is 1. The molecule has 1 rings (SSSR count). The van der Waals surface area contributed by atoms with Crippen molar-refractivity contribution in [3.63, 3.8) is 0 Å². The van der Waals surface area contributed by atoms with Crippen molar-refractivity contribution in [1.82, 2.24) is 0 Å². The van der Waals surface area contributed by atoms with Gasteiger partial charge >= 0.3 is 5.97 Å². The van der Waals surface area contributed by atoms with Crippen molar-refractivity contribution in [2.24, 2.45) is 0 Å². The molecule has 19 heavy (non-hydrogen) atoms. The van der Waals surface area contributed by atoms with Crippen molar-refractivity contribution in [3.05, 3.63) is 28.8 Å². The van der Waals surface area contributed by atoms with Gasteiger partial charge in [-0.15, -0.1) is 0 Å². The molecule has 0 fully saturated rings. The summed E-state index contributed by atoms with van der Waals surface area (Å²) in [6, 6.07) is 4.10. The van der Waals surface area contributed by atoms with E-state index in [0.29, 0.717) is 0 Å². The number of Topliss-reactive ketones (excluding diaryl/α,β-unsaturated/α-hetero) is 1. The molecule has 0 aliphatic rings. The third kappa shape index (κ3) is 4.09. The van der Waals surface area contributed by atoms with Gasteiger partial charge in [0, 0.05) is 5.69 Å². The summed E-state index contributed by atoms with van der Waals surface area (Å²) >= 11 is 0. The first-order valence-electron chi connectivity index (χ1n) is 6.24. The Morgan fingerprint density at radius 3 is 2.05 bits per heavy atom. The average Bonchev–Trinajstić information content (AvgIpc) is 2.26. The molecule has 0 saturated heterocycles. The van der Waals surface area contributed by atoms with Gasteiger partial charge < -0.3 is 9.64 Å². The first-order chi connectivity index (χ1) is 8.85. The van der Waals surface area contributed by atoms with Crippen LogP contribution in [-0.2, 0) is 14.3 Å². The molecule has 1 aromatic rings. The van der Waals surface area contributed by atoms with Crippen LogP contribution in [0.5, 0.6) is 0 Å². The maximum atomic E-state index is 11.5. The Hall–Kier alpha value is -1.84. The van der Waals surface area contributed by atoms with Crippen molar-refractivity contribution in [2.45, 2.75) is 27.7 Å². The van der Waals surface area contributed by atoms with Crippen LogP contribution in [0.2, 0.25) is 0 Å². The number of carbonyl (C=O) groups is 2. The monoisotopic (exact) mass is 263 g/mol. The Balaban J connectivity index is 3.16. The molecular weight excluding hydrogens is 242 g/mol. The fourth-order valence-corrected chi connectivity index (χ4v) is 2.37. The number of benzene rings is 1. The fraction of sp³-hybridized carbons (Fsp3) is 0.467. The van der Waals surface area contributed by atoms with Gasteiger partial charge in [0.15, 0.2) is 0 Å². The summed E-state index contributed by atoms with van der Waals surface area (Å²) in [5.41, 5.74) is 4.22. The molecule has 0 bridgehead atoms. The summed E-state index contributed by atoms with van der Waals surface area (Å²) < 4.78 is 4.70. The first kappa shape index (κ1) is 15.2. The van der Waals surface area contributed by atoms with Gasteiger partial charge in [0.2, 0.25) is 0 Å². The number of hydrogen-bond acceptors (Lipinski definition) is 4. The van der Waals surface area contributed by atoms with Crippen molar-refractivity contribution in [3.8, 4) is 0 Å². The van der Waals surface area contributed by atoms with E-state index in [1.165, 1.54) is 19.6 Å². The standard InChI is InChI=1S/C15H21NO3/c1-10-6-11(2)15(12(3)7-10)16(8-13(4)17)9-14(18)19-5/h6-7H,8-9H2,1-5H3. The van der Waals surface area contributed by atoms with E-state index in [1.807, 2.05) is 32.9 Å². The number of hydrogen-bond donors (Lipinski definition) is 0. The van der Waals surface area contributed by atoms with Crippen molar-refractivity contribution < 1.29 is 14.3 Å². The second kappa shape index (κ2) is 6.36. The number of rotatable bonds is 5. The summed E-state index contributed by atoms with van der Waals surface area (Å²) in [4.78, 5) is 24.7. The molecule has 0 spiro atoms. The van der Waals surface area contributed by atoms with Gasteiger partial charge in [-0.3, -0.25) is 9.59 Å². The van der Waals surface area contributed by atoms with Crippen LogP contribution in [-0.4, -0.2) is 32.0 Å². The van der Waals surface area contributed by atoms with Crippen LogP contribution < -0.4 is 4.90 Å². The van der Waals surface area contributed by atoms with Gasteiger partial charge in [-0.2, -0.15) is 0 Å². The lowest BCUT2D eigenvalue weighted by Gasteiger charge is -2.26. The quantitative estimate of drug-likeness (QED) is 0.764. The second-order valence-electron chi connectivity index (χ2n) is 4.88. The molecule has 0 atom stereocenters. The molecule has 4 heteroatoms. The van der Waals surface area contributed by atoms with Gasteiger partial charge in [-0.25, -0.2) is 0 Å². The number of aryl methyl sites for hydroxylation is 3. The summed E-state index contributed by atoms with van der Waals surface area (Å²) in [7, 11) is 1.35. The highest BCUT2D eigenvalue weighted by Crippen LogP contribution is 2.26. The third-order valence-electron chi connectivity index (χ3n) is 2.91. The lowest BCUT2D eigenvalue weighted by atomic mass is 10.0. The predicted molar refractivity (Wildman–Crippen MR) is 75.6 cm³/mol. The van der Waals surface area contributed by atoms with E-state index in [0.717, 1.165) is 16.8 Å². The molecule has 0 amide bonds. The Labute approximate surface area is 114 Å². The van der Waals surface area contributed by atoms with Crippen LogP contribution in [0.3, 0.4) is 0 Å². The Kier molecular flexibility index (Phi) is 5.10. The zero-order valence-electron chi connectivity index (χ0n) is 12.2. The van der Waals surface area contributed by atoms with E-state index >= 15 is 0 Å². The molecule has 0 N–H and O–H groups in total. The van der Waals surface area contributed by atoms with Crippen LogP contribution in [0.15, 0.2) is 12.1 Å². The molecule has 1 aromatic carbocycles. The van der Waals surface area contributed by atoms with E-state index in [1.54, 1.807) is 4.90 Å². The molecular formula is C15H21NO3. The van der Waals surface area contributed by atoms with Gasteiger partial charge in [0.05, 0.1) is 13.7 Å². The topological polar surface area (TPSA) is 46.6 Å². The summed E-state index contributed by atoms with van der Waals surface area (Å²) in [6.07, 6.45) is 0. The van der Waals surface area contributed by atoms with Crippen molar-refractivity contribution in [2.75, 3.05) is 25.1 Å². The highest BCUT2D eigenvalue weighted by Gasteiger charge is 2.17. The maximum Gasteiger partial charge on any atom is 0.325 e. The number of esters is 1. The number of ether oxygens (including phenoxy) is 1. The van der Waals surface area contributed by atoms with E-state index in [9.17, 15) is 9.59 Å². The molecule has 0 heterocycles. The van der Waals surface area contributed by atoms with Crippen molar-refractivity contribution >= 4 is 17.4 Å². The largest absolute Gasteiger partial charge is 0.468 e. The highest BCUT2D eigenvalue weighted by molar-refractivity contribution is 5.85. The summed E-state index contributed by atoms with van der Waals surface area (Å²) in [5.74, 6) is -0.330. The number of nitrogens with zero attached hydrogens (tertiary/aromatic N) is 1. The number of ketones is 1. The summed E-state index contributed by atoms with van der Waals surface area (Å²) in [5, 5.41) is 0. The minimum absolute atomic E-state index is 0.0169. The predicted octanol–water partition coefficient (Wildman–Crippen LogP) is 2.18. The molecule has 0 unspecified atom stereocenters. The van der Waals surface area contributed by atoms with Gasteiger partial charge in [-0.05, 0) is 38.8 Å². The Morgan fingerprint density at radius 2 is 1.63 bits per heavy atom. The molecule has 0 aromatic heterocycles. The third-order valence-corrected chi connectivity index (χ3v) is 2.91. The molecule has 0 aliphatic carbocycles. The zero-order chi connectivity index (χ0) is 14.6. The molecule has 0 radical (unpaired) electrons. The Bertz CT molecular complexity index is 471. The van der Waals surface area contributed by atoms with E-state index in [2.05, 4.69) is 0 Å². The van der Waals surface area contributed by atoms with E-state index in [4.69, 9.17) is 4.74 Å². The molecule has 0 aliphatic heterocycles. The lowest BCUT2D eigenvalue weighted by Crippen LogP contribution is -2.35.